The van der Waals surface area contributed by atoms with Gasteiger partial charge in [-0.15, -0.1) is 0 Å². The van der Waals surface area contributed by atoms with Crippen LogP contribution in [0.15, 0.2) is 48.5 Å². The van der Waals surface area contributed by atoms with E-state index in [9.17, 15) is 14.4 Å². The van der Waals surface area contributed by atoms with Crippen molar-refractivity contribution >= 4 is 40.8 Å². The molecular weight excluding hydrogens is 351 g/mol. The normalized spacial score (nSPS) is 10.1. The van der Waals surface area contributed by atoms with Crippen molar-refractivity contribution in [1.29, 1.82) is 0 Å². The van der Waals surface area contributed by atoms with Crippen LogP contribution in [0.2, 0.25) is 10.0 Å². The molecule has 0 radical (unpaired) electrons. The van der Waals surface area contributed by atoms with Crippen molar-refractivity contribution in [3.8, 4) is 0 Å². The summed E-state index contributed by atoms with van der Waals surface area (Å²) in [5.41, 5.74) is 5.24. The van der Waals surface area contributed by atoms with Crippen LogP contribution < -0.4 is 10.9 Å². The SMILES string of the molecule is O=C(CCC(=O)c1ccc(Cl)cc1)NNC(=O)c1ccccc1Cl. The Balaban J connectivity index is 1.79. The molecule has 0 aromatic heterocycles. The van der Waals surface area contributed by atoms with Gasteiger partial charge in [-0.05, 0) is 36.4 Å². The van der Waals surface area contributed by atoms with Gasteiger partial charge in [-0.1, -0.05) is 35.3 Å². The van der Waals surface area contributed by atoms with Crippen LogP contribution in [0, 0.1) is 0 Å². The highest BCUT2D eigenvalue weighted by Crippen LogP contribution is 2.14. The van der Waals surface area contributed by atoms with Crippen LogP contribution in [-0.2, 0) is 4.79 Å². The Morgan fingerprint density at radius 1 is 0.833 bits per heavy atom. The molecule has 0 bridgehead atoms. The lowest BCUT2D eigenvalue weighted by Gasteiger charge is -2.08. The van der Waals surface area contributed by atoms with Gasteiger partial charge in [0.1, 0.15) is 0 Å². The second kappa shape index (κ2) is 8.47. The lowest BCUT2D eigenvalue weighted by molar-refractivity contribution is -0.121. The van der Waals surface area contributed by atoms with Crippen molar-refractivity contribution in [2.45, 2.75) is 12.8 Å². The predicted octanol–water partition coefficient (Wildman–Crippen LogP) is 3.42. The molecule has 0 saturated carbocycles. The van der Waals surface area contributed by atoms with Crippen LogP contribution >= 0.6 is 23.2 Å². The fraction of sp³-hybridized carbons (Fsp3) is 0.118. The number of hydrogen-bond donors (Lipinski definition) is 2. The fourth-order valence-electron chi connectivity index (χ4n) is 1.91. The molecule has 0 aliphatic rings. The van der Waals surface area contributed by atoms with Crippen LogP contribution in [0.25, 0.3) is 0 Å². The molecule has 2 N–H and O–H groups in total. The first-order valence-electron chi connectivity index (χ1n) is 7.10. The molecule has 124 valence electrons. The van der Waals surface area contributed by atoms with Crippen LogP contribution in [0.5, 0.6) is 0 Å². The highest BCUT2D eigenvalue weighted by atomic mass is 35.5. The second-order valence-corrected chi connectivity index (χ2v) is 5.76. The van der Waals surface area contributed by atoms with Crippen molar-refractivity contribution in [2.75, 3.05) is 0 Å². The smallest absolute Gasteiger partial charge is 0.271 e. The molecular formula is C17H14Cl2N2O3. The third kappa shape index (κ3) is 5.08. The molecule has 24 heavy (non-hydrogen) atoms. The molecule has 2 rings (SSSR count). The summed E-state index contributed by atoms with van der Waals surface area (Å²) >= 11 is 11.6. The van der Waals surface area contributed by atoms with E-state index >= 15 is 0 Å². The third-order valence-corrected chi connectivity index (χ3v) is 3.76. The molecule has 2 amide bonds. The van der Waals surface area contributed by atoms with E-state index in [0.29, 0.717) is 10.6 Å². The molecule has 0 atom stereocenters. The Bertz CT molecular complexity index is 761. The van der Waals surface area contributed by atoms with Gasteiger partial charge in [0.2, 0.25) is 5.91 Å². The Morgan fingerprint density at radius 3 is 2.17 bits per heavy atom. The highest BCUT2D eigenvalue weighted by molar-refractivity contribution is 6.33. The standard InChI is InChI=1S/C17H14Cl2N2O3/c18-12-7-5-11(6-8-12)15(22)9-10-16(23)20-21-17(24)13-3-1-2-4-14(13)19/h1-8H,9-10H2,(H,20,23)(H,21,24). The van der Waals surface area contributed by atoms with Gasteiger partial charge in [-0.3, -0.25) is 25.2 Å². The average molecular weight is 365 g/mol. The van der Waals surface area contributed by atoms with E-state index in [1.54, 1.807) is 42.5 Å². The van der Waals surface area contributed by atoms with Gasteiger partial charge >= 0.3 is 0 Å². The van der Waals surface area contributed by atoms with Crippen LogP contribution in [0.4, 0.5) is 0 Å². The summed E-state index contributed by atoms with van der Waals surface area (Å²) in [6.45, 7) is 0. The zero-order valence-corrected chi connectivity index (χ0v) is 14.0. The summed E-state index contributed by atoms with van der Waals surface area (Å²) in [5.74, 6) is -1.19. The number of benzene rings is 2. The van der Waals surface area contributed by atoms with E-state index in [-0.39, 0.29) is 29.2 Å². The van der Waals surface area contributed by atoms with Crippen molar-refractivity contribution in [1.82, 2.24) is 10.9 Å². The number of amides is 2. The lowest BCUT2D eigenvalue weighted by Crippen LogP contribution is -2.41. The number of nitrogens with one attached hydrogen (secondary N) is 2. The van der Waals surface area contributed by atoms with E-state index in [1.165, 1.54) is 6.07 Å². The van der Waals surface area contributed by atoms with Gasteiger partial charge in [0, 0.05) is 23.4 Å². The molecule has 0 aliphatic heterocycles. The van der Waals surface area contributed by atoms with Crippen molar-refractivity contribution in [2.24, 2.45) is 0 Å². The minimum atomic E-state index is -0.530. The summed E-state index contributed by atoms with van der Waals surface area (Å²) < 4.78 is 0. The van der Waals surface area contributed by atoms with E-state index in [1.807, 2.05) is 0 Å². The van der Waals surface area contributed by atoms with E-state index in [4.69, 9.17) is 23.2 Å². The molecule has 0 unspecified atom stereocenters. The molecule has 0 heterocycles. The summed E-state index contributed by atoms with van der Waals surface area (Å²) in [6, 6.07) is 12.9. The molecule has 0 spiro atoms. The first-order chi connectivity index (χ1) is 11.5. The van der Waals surface area contributed by atoms with E-state index < -0.39 is 11.8 Å². The van der Waals surface area contributed by atoms with Gasteiger partial charge in [0.05, 0.1) is 10.6 Å². The molecule has 7 heteroatoms. The largest absolute Gasteiger partial charge is 0.294 e. The van der Waals surface area contributed by atoms with Gasteiger partial charge in [-0.2, -0.15) is 0 Å². The number of rotatable bonds is 5. The monoisotopic (exact) mass is 364 g/mol. The minimum absolute atomic E-state index is 0.0232. The molecule has 0 saturated heterocycles. The average Bonchev–Trinajstić information content (AvgIpc) is 2.58. The van der Waals surface area contributed by atoms with Crippen LogP contribution in [-0.4, -0.2) is 17.6 Å². The minimum Gasteiger partial charge on any atom is -0.294 e. The number of carbonyl (C=O) groups is 3. The Kier molecular flexibility index (Phi) is 6.35. The quantitative estimate of drug-likeness (QED) is 0.630. The summed E-state index contributed by atoms with van der Waals surface area (Å²) in [5, 5.41) is 0.814. The zero-order valence-electron chi connectivity index (χ0n) is 12.5. The van der Waals surface area contributed by atoms with Gasteiger partial charge in [-0.25, -0.2) is 0 Å². The fourth-order valence-corrected chi connectivity index (χ4v) is 2.26. The summed E-state index contributed by atoms with van der Waals surface area (Å²) in [6.07, 6.45) is -0.0281. The van der Waals surface area contributed by atoms with Crippen LogP contribution in [0.3, 0.4) is 0 Å². The Labute approximate surface area is 148 Å². The maximum absolute atomic E-state index is 11.9. The van der Waals surface area contributed by atoms with Gasteiger partial charge < -0.3 is 0 Å². The zero-order chi connectivity index (χ0) is 17.5. The summed E-state index contributed by atoms with van der Waals surface area (Å²) in [4.78, 5) is 35.5. The maximum Gasteiger partial charge on any atom is 0.271 e. The van der Waals surface area contributed by atoms with Crippen molar-refractivity contribution in [3.63, 3.8) is 0 Å². The highest BCUT2D eigenvalue weighted by Gasteiger charge is 2.12. The second-order valence-electron chi connectivity index (χ2n) is 4.91. The Hall–Kier alpha value is -2.37. The third-order valence-electron chi connectivity index (χ3n) is 3.18. The van der Waals surface area contributed by atoms with Gasteiger partial charge in [0.15, 0.2) is 5.78 Å². The number of ketones is 1. The molecule has 2 aromatic carbocycles. The Morgan fingerprint density at radius 2 is 1.50 bits per heavy atom. The number of hydrogen-bond acceptors (Lipinski definition) is 3. The van der Waals surface area contributed by atoms with Crippen LogP contribution in [0.1, 0.15) is 33.6 Å². The number of halogens is 2. The molecule has 0 aliphatic carbocycles. The van der Waals surface area contributed by atoms with Gasteiger partial charge in [0.25, 0.3) is 5.91 Å². The number of hydrazine groups is 1. The molecule has 0 fully saturated rings. The number of Topliss-reactive ketones (excluding diaryl/α,β-unsaturated/α-hetero) is 1. The predicted molar refractivity (Wildman–Crippen MR) is 92.1 cm³/mol. The topological polar surface area (TPSA) is 75.3 Å². The van der Waals surface area contributed by atoms with E-state index in [2.05, 4.69) is 10.9 Å². The van der Waals surface area contributed by atoms with Crippen molar-refractivity contribution < 1.29 is 14.4 Å². The summed E-state index contributed by atoms with van der Waals surface area (Å²) in [7, 11) is 0. The molecule has 2 aromatic rings. The number of carbonyl (C=O) groups excluding carboxylic acids is 3. The first kappa shape index (κ1) is 18.0. The maximum atomic E-state index is 11.9. The molecule has 5 nitrogen and oxygen atoms in total. The first-order valence-corrected chi connectivity index (χ1v) is 7.85. The van der Waals surface area contributed by atoms with Crippen molar-refractivity contribution in [3.05, 3.63) is 69.7 Å². The lowest BCUT2D eigenvalue weighted by atomic mass is 10.1. The van der Waals surface area contributed by atoms with E-state index in [0.717, 1.165) is 0 Å².